The van der Waals surface area contributed by atoms with Crippen molar-refractivity contribution < 1.29 is 13.6 Å². The minimum atomic E-state index is -1.94. The van der Waals surface area contributed by atoms with Crippen LogP contribution in [0.15, 0.2) is 29.3 Å². The molecule has 1 aromatic rings. The van der Waals surface area contributed by atoms with Crippen LogP contribution in [0.3, 0.4) is 0 Å². The zero-order chi connectivity index (χ0) is 31.8. The molecule has 0 radical (unpaired) electrons. The Morgan fingerprint density at radius 3 is 1.61 bits per heavy atom. The van der Waals surface area contributed by atoms with Crippen molar-refractivity contribution in [3.8, 4) is 0 Å². The van der Waals surface area contributed by atoms with Crippen molar-refractivity contribution in [1.82, 2.24) is 0 Å². The molecule has 0 unspecified atom stereocenters. The highest BCUT2D eigenvalue weighted by molar-refractivity contribution is 6.74. The van der Waals surface area contributed by atoms with Gasteiger partial charge in [0.2, 0.25) is 0 Å². The first-order valence-electron chi connectivity index (χ1n) is 15.9. The number of amides is 1. The Bertz CT molecular complexity index is 1080. The fourth-order valence-electron chi connectivity index (χ4n) is 5.26. The summed E-state index contributed by atoms with van der Waals surface area (Å²) in [4.78, 5) is 16.8. The van der Waals surface area contributed by atoms with E-state index in [0.29, 0.717) is 38.0 Å². The topological polar surface area (TPSA) is 38.8 Å². The van der Waals surface area contributed by atoms with Crippen molar-refractivity contribution in [3.63, 3.8) is 0 Å². The van der Waals surface area contributed by atoms with E-state index in [0.717, 1.165) is 17.7 Å². The predicted molar refractivity (Wildman–Crippen MR) is 183 cm³/mol. The molecule has 0 N–H and O–H groups in total. The number of rotatable bonds is 11. The maximum atomic E-state index is 14.6. The van der Waals surface area contributed by atoms with Gasteiger partial charge >= 0.3 is 0 Å². The third-order valence-corrected chi connectivity index (χ3v) is 19.2. The second-order valence-corrected chi connectivity index (χ2v) is 26.2. The molecule has 0 saturated heterocycles. The molecule has 1 amide bonds. The van der Waals surface area contributed by atoms with E-state index in [9.17, 15) is 4.79 Å². The highest BCUT2D eigenvalue weighted by Crippen LogP contribution is 2.45. The number of benzene rings is 1. The summed E-state index contributed by atoms with van der Waals surface area (Å²) in [5.74, 6) is 0.808. The van der Waals surface area contributed by atoms with E-state index >= 15 is 0 Å². The van der Waals surface area contributed by atoms with E-state index < -0.39 is 16.6 Å². The normalized spacial score (nSPS) is 17.3. The highest BCUT2D eigenvalue weighted by Gasteiger charge is 2.42. The number of hydrogen-bond donors (Lipinski definition) is 0. The molecule has 6 heteroatoms. The zero-order valence-electron chi connectivity index (χ0n) is 29.6. The third kappa shape index (κ3) is 8.24. The van der Waals surface area contributed by atoms with Crippen molar-refractivity contribution in [2.24, 2.45) is 5.41 Å². The Morgan fingerprint density at radius 2 is 1.22 bits per heavy atom. The summed E-state index contributed by atoms with van der Waals surface area (Å²) in [6, 6.07) is 6.57. The van der Waals surface area contributed by atoms with Gasteiger partial charge in [-0.2, -0.15) is 0 Å². The summed E-state index contributed by atoms with van der Waals surface area (Å²) < 4.78 is 13.3. The number of para-hydroxylation sites is 1. The van der Waals surface area contributed by atoms with Gasteiger partial charge in [0.1, 0.15) is 0 Å². The minimum absolute atomic E-state index is 0.130. The number of carbonyl (C=O) groups excluding carboxylic acids is 1. The van der Waals surface area contributed by atoms with Gasteiger partial charge in [0.05, 0.1) is 5.69 Å². The van der Waals surface area contributed by atoms with Crippen LogP contribution in [0.25, 0.3) is 0 Å². The van der Waals surface area contributed by atoms with Gasteiger partial charge in [-0.3, -0.25) is 4.79 Å². The Labute approximate surface area is 255 Å². The van der Waals surface area contributed by atoms with E-state index in [2.05, 4.69) is 132 Å². The first-order chi connectivity index (χ1) is 18.4. The lowest BCUT2D eigenvalue weighted by molar-refractivity contribution is -0.116. The van der Waals surface area contributed by atoms with E-state index in [1.54, 1.807) is 0 Å². The van der Waals surface area contributed by atoms with Gasteiger partial charge in [-0.15, -0.1) is 0 Å². The molecule has 0 fully saturated rings. The summed E-state index contributed by atoms with van der Waals surface area (Å²) in [6.07, 6.45) is 1.43. The number of nitrogens with zero attached hydrogens (tertiary/aromatic N) is 1. The van der Waals surface area contributed by atoms with Crippen molar-refractivity contribution in [2.75, 3.05) is 24.7 Å². The second-order valence-electron chi connectivity index (χ2n) is 16.5. The molecule has 41 heavy (non-hydrogen) atoms. The molecule has 1 heterocycles. The fourth-order valence-corrected chi connectivity index (χ4v) is 7.35. The molecule has 1 aromatic carbocycles. The summed E-state index contributed by atoms with van der Waals surface area (Å²) in [5, 5.41) is 0.287. The van der Waals surface area contributed by atoms with Crippen LogP contribution in [0.1, 0.15) is 119 Å². The van der Waals surface area contributed by atoms with Crippen LogP contribution in [-0.4, -0.2) is 42.3 Å². The van der Waals surface area contributed by atoms with Gasteiger partial charge in [-0.1, -0.05) is 107 Å². The van der Waals surface area contributed by atoms with Gasteiger partial charge in [0.25, 0.3) is 5.91 Å². The lowest BCUT2D eigenvalue weighted by Gasteiger charge is -2.44. The molecule has 4 nitrogen and oxygen atoms in total. The first-order valence-corrected chi connectivity index (χ1v) is 21.7. The molecule has 0 spiro atoms. The molecule has 0 atom stereocenters. The molecule has 0 saturated carbocycles. The summed E-state index contributed by atoms with van der Waals surface area (Å²) in [6.45, 7) is 38.4. The van der Waals surface area contributed by atoms with Gasteiger partial charge in [-0.25, -0.2) is 0 Å². The molecular formula is C35H63NO3Si2. The van der Waals surface area contributed by atoms with Crippen LogP contribution in [-0.2, 0) is 13.6 Å². The van der Waals surface area contributed by atoms with Crippen molar-refractivity contribution in [1.29, 1.82) is 0 Å². The number of anilines is 1. The van der Waals surface area contributed by atoms with Crippen LogP contribution < -0.4 is 4.90 Å². The van der Waals surface area contributed by atoms with Gasteiger partial charge in [0, 0.05) is 30.7 Å². The van der Waals surface area contributed by atoms with Crippen LogP contribution in [0.2, 0.25) is 36.3 Å². The summed E-state index contributed by atoms with van der Waals surface area (Å²) in [5.41, 5.74) is 5.64. The lowest BCUT2D eigenvalue weighted by atomic mass is 9.75. The maximum Gasteiger partial charge on any atom is 0.254 e. The average molecular weight is 602 g/mol. The molecule has 2 rings (SSSR count). The van der Waals surface area contributed by atoms with Gasteiger partial charge in [-0.05, 0) is 72.1 Å². The quantitative estimate of drug-likeness (QED) is 0.237. The summed E-state index contributed by atoms with van der Waals surface area (Å²) >= 11 is 0. The molecule has 0 aromatic heterocycles. The van der Waals surface area contributed by atoms with Crippen LogP contribution in [0, 0.1) is 5.41 Å². The minimum Gasteiger partial charge on any atom is -0.417 e. The maximum absolute atomic E-state index is 14.6. The second kappa shape index (κ2) is 12.8. The standard InChI is InChI=1S/C35H63NO3Si2/c1-25(2)27-18-17-19-28(26(3)4)31(27)36-24-35(11,12)30(21-23-39-41(15,16)34(8,9)10)29(32(36)37)20-22-38-40(13,14)33(5,6)7/h17-19,25-26H,20-24H2,1-16H3. The molecule has 0 aliphatic carbocycles. The number of hydrogen-bond acceptors (Lipinski definition) is 3. The van der Waals surface area contributed by atoms with Gasteiger partial charge < -0.3 is 13.8 Å². The Kier molecular flexibility index (Phi) is 11.2. The average Bonchev–Trinajstić information content (AvgIpc) is 2.80. The van der Waals surface area contributed by atoms with E-state index in [1.807, 2.05) is 0 Å². The zero-order valence-corrected chi connectivity index (χ0v) is 31.6. The van der Waals surface area contributed by atoms with Crippen molar-refractivity contribution >= 4 is 28.2 Å². The highest BCUT2D eigenvalue weighted by atomic mass is 28.4. The first kappa shape index (κ1) is 36.0. The predicted octanol–water partition coefficient (Wildman–Crippen LogP) is 10.4. The molecule has 1 aliphatic rings. The monoisotopic (exact) mass is 601 g/mol. The number of carbonyl (C=O) groups is 1. The molecular weight excluding hydrogens is 539 g/mol. The van der Waals surface area contributed by atoms with E-state index in [-0.39, 0.29) is 21.4 Å². The lowest BCUT2D eigenvalue weighted by Crippen LogP contribution is -2.48. The van der Waals surface area contributed by atoms with Crippen LogP contribution in [0.5, 0.6) is 0 Å². The van der Waals surface area contributed by atoms with Crippen molar-refractivity contribution in [2.45, 2.75) is 144 Å². The SMILES string of the molecule is CC(C)c1cccc(C(C)C)c1N1CC(C)(C)C(CCO[Si](C)(C)C(C)(C)C)=C(CCO[Si](C)(C)C(C)(C)C)C1=O. The Morgan fingerprint density at radius 1 is 0.805 bits per heavy atom. The molecule has 0 bridgehead atoms. The molecule has 1 aliphatic heterocycles. The summed E-state index contributed by atoms with van der Waals surface area (Å²) in [7, 11) is -3.83. The van der Waals surface area contributed by atoms with E-state index in [1.165, 1.54) is 16.7 Å². The smallest absolute Gasteiger partial charge is 0.254 e. The largest absolute Gasteiger partial charge is 0.417 e. The Hall–Kier alpha value is -1.22. The molecule has 234 valence electrons. The van der Waals surface area contributed by atoms with E-state index in [4.69, 9.17) is 8.85 Å². The third-order valence-electron chi connectivity index (χ3n) is 10.1. The Balaban J connectivity index is 2.59. The fraction of sp³-hybridized carbons (Fsp3) is 0.743. The van der Waals surface area contributed by atoms with Gasteiger partial charge in [0.15, 0.2) is 16.6 Å². The van der Waals surface area contributed by atoms with Crippen LogP contribution in [0.4, 0.5) is 5.69 Å². The van der Waals surface area contributed by atoms with Crippen molar-refractivity contribution in [3.05, 3.63) is 40.5 Å². The van der Waals surface area contributed by atoms with Crippen LogP contribution >= 0.6 is 0 Å².